The molecule has 1 N–H and O–H groups in total. The van der Waals surface area contributed by atoms with Crippen LogP contribution in [-0.2, 0) is 4.79 Å². The molecule has 1 aromatic heterocycles. The minimum Gasteiger partial charge on any atom is -0.453 e. The van der Waals surface area contributed by atoms with Crippen LogP contribution in [0.25, 0.3) is 0 Å². The summed E-state index contributed by atoms with van der Waals surface area (Å²) in [6, 6.07) is 8.08. The molecule has 0 bridgehead atoms. The Morgan fingerprint density at radius 2 is 2.08 bits per heavy atom. The van der Waals surface area contributed by atoms with Crippen molar-refractivity contribution in [3.63, 3.8) is 0 Å². The van der Waals surface area contributed by atoms with Gasteiger partial charge in [-0.25, -0.2) is 4.39 Å². The third-order valence-corrected chi connectivity index (χ3v) is 3.97. The summed E-state index contributed by atoms with van der Waals surface area (Å²) < 4.78 is 19.8. The van der Waals surface area contributed by atoms with Crippen LogP contribution in [0.2, 0.25) is 0 Å². The number of carbonyl (C=O) groups is 1. The maximum absolute atomic E-state index is 14.3. The molecule has 5 nitrogen and oxygen atoms in total. The number of carbonyl (C=O) groups excluding carboxylic acids is 1. The van der Waals surface area contributed by atoms with Crippen LogP contribution in [0.4, 0.5) is 4.39 Å². The number of nitrogens with zero attached hydrogens (tertiary/aromatic N) is 2. The molecule has 2 rings (SSSR count). The molecule has 1 amide bonds. The molecule has 0 saturated heterocycles. The van der Waals surface area contributed by atoms with Gasteiger partial charge in [0, 0.05) is 12.2 Å². The van der Waals surface area contributed by atoms with Crippen molar-refractivity contribution in [1.29, 1.82) is 0 Å². The van der Waals surface area contributed by atoms with Crippen molar-refractivity contribution in [2.75, 3.05) is 13.6 Å². The molecule has 1 atom stereocenters. The number of pyridine rings is 1. The summed E-state index contributed by atoms with van der Waals surface area (Å²) >= 11 is 0. The summed E-state index contributed by atoms with van der Waals surface area (Å²) in [4.78, 5) is 17.9. The average molecular weight is 345 g/mol. The second kappa shape index (κ2) is 8.58. The number of aromatic nitrogens is 1. The highest BCUT2D eigenvalue weighted by atomic mass is 19.1. The summed E-state index contributed by atoms with van der Waals surface area (Å²) in [5, 5.41) is 2.88. The predicted molar refractivity (Wildman–Crippen MR) is 95.0 cm³/mol. The number of rotatable bonds is 7. The third-order valence-electron chi connectivity index (χ3n) is 3.97. The number of nitrogens with one attached hydrogen (secondary N) is 1. The predicted octanol–water partition coefficient (Wildman–Crippen LogP) is 3.53. The molecule has 0 aliphatic heterocycles. The van der Waals surface area contributed by atoms with Gasteiger partial charge in [0.05, 0.1) is 18.8 Å². The topological polar surface area (TPSA) is 54.5 Å². The van der Waals surface area contributed by atoms with Crippen LogP contribution in [0.1, 0.15) is 32.4 Å². The minimum atomic E-state index is -0.484. The van der Waals surface area contributed by atoms with Gasteiger partial charge in [0.15, 0.2) is 11.6 Å². The van der Waals surface area contributed by atoms with Crippen LogP contribution in [0.5, 0.6) is 11.5 Å². The molecule has 2 aromatic rings. The van der Waals surface area contributed by atoms with Crippen LogP contribution < -0.4 is 10.1 Å². The normalized spacial score (nSPS) is 12.3. The average Bonchev–Trinajstić information content (AvgIpc) is 2.57. The molecule has 6 heteroatoms. The highest BCUT2D eigenvalue weighted by Crippen LogP contribution is 2.26. The molecule has 25 heavy (non-hydrogen) atoms. The van der Waals surface area contributed by atoms with Gasteiger partial charge in [-0.2, -0.15) is 0 Å². The van der Waals surface area contributed by atoms with Crippen molar-refractivity contribution >= 4 is 5.91 Å². The Hall–Kier alpha value is -2.47. The van der Waals surface area contributed by atoms with E-state index in [0.717, 1.165) is 0 Å². The Labute approximate surface area is 147 Å². The van der Waals surface area contributed by atoms with Crippen molar-refractivity contribution in [2.24, 2.45) is 0 Å². The molecule has 0 aliphatic carbocycles. The van der Waals surface area contributed by atoms with Crippen LogP contribution in [0.3, 0.4) is 0 Å². The Morgan fingerprint density at radius 3 is 2.68 bits per heavy atom. The maximum atomic E-state index is 14.3. The van der Waals surface area contributed by atoms with E-state index in [9.17, 15) is 9.18 Å². The van der Waals surface area contributed by atoms with E-state index in [1.165, 1.54) is 12.3 Å². The molecule has 0 fully saturated rings. The fourth-order valence-corrected chi connectivity index (χ4v) is 2.18. The quantitative estimate of drug-likeness (QED) is 0.834. The summed E-state index contributed by atoms with van der Waals surface area (Å²) in [6.45, 7) is 6.16. The van der Waals surface area contributed by atoms with E-state index in [-0.39, 0.29) is 23.7 Å². The number of ether oxygens (including phenoxy) is 1. The van der Waals surface area contributed by atoms with Crippen molar-refractivity contribution in [3.8, 4) is 11.5 Å². The van der Waals surface area contributed by atoms with Gasteiger partial charge in [-0.05, 0) is 57.6 Å². The zero-order chi connectivity index (χ0) is 18.4. The monoisotopic (exact) mass is 345 g/mol. The zero-order valence-corrected chi connectivity index (χ0v) is 15.0. The first-order valence-electron chi connectivity index (χ1n) is 8.23. The van der Waals surface area contributed by atoms with Gasteiger partial charge in [-0.3, -0.25) is 14.7 Å². The van der Waals surface area contributed by atoms with E-state index < -0.39 is 5.82 Å². The van der Waals surface area contributed by atoms with Gasteiger partial charge >= 0.3 is 0 Å². The summed E-state index contributed by atoms with van der Waals surface area (Å²) in [6.07, 6.45) is 3.13. The lowest BCUT2D eigenvalue weighted by Crippen LogP contribution is -2.39. The number of halogens is 1. The largest absolute Gasteiger partial charge is 0.453 e. The second-order valence-electron chi connectivity index (χ2n) is 6.28. The van der Waals surface area contributed by atoms with Crippen molar-refractivity contribution in [2.45, 2.75) is 32.9 Å². The number of hydrogen-bond donors (Lipinski definition) is 1. The Morgan fingerprint density at radius 1 is 1.32 bits per heavy atom. The van der Waals surface area contributed by atoms with Gasteiger partial charge in [-0.1, -0.05) is 6.07 Å². The number of hydrogen-bond acceptors (Lipinski definition) is 4. The molecule has 0 aliphatic rings. The number of amides is 1. The van der Waals surface area contributed by atoms with Crippen LogP contribution in [0.15, 0.2) is 42.7 Å². The van der Waals surface area contributed by atoms with Gasteiger partial charge < -0.3 is 10.1 Å². The molecular formula is C19H24FN3O2. The lowest BCUT2D eigenvalue weighted by molar-refractivity contribution is -0.122. The number of benzene rings is 1. The van der Waals surface area contributed by atoms with Crippen molar-refractivity contribution < 1.29 is 13.9 Å². The Kier molecular flexibility index (Phi) is 6.47. The lowest BCUT2D eigenvalue weighted by Gasteiger charge is -2.22. The van der Waals surface area contributed by atoms with E-state index in [0.29, 0.717) is 17.9 Å². The van der Waals surface area contributed by atoms with Crippen LogP contribution in [-0.4, -0.2) is 35.4 Å². The lowest BCUT2D eigenvalue weighted by atomic mass is 10.1. The summed E-state index contributed by atoms with van der Waals surface area (Å²) in [5.74, 6) is 0.00332. The first kappa shape index (κ1) is 18.9. The molecule has 134 valence electrons. The van der Waals surface area contributed by atoms with E-state index in [4.69, 9.17) is 4.74 Å². The van der Waals surface area contributed by atoms with Crippen molar-refractivity contribution in [3.05, 3.63) is 54.1 Å². The van der Waals surface area contributed by atoms with Crippen LogP contribution >= 0.6 is 0 Å². The molecule has 1 aromatic carbocycles. The SMILES string of the molecule is CC(C)N(C)CC(=O)N[C@H](C)c1ccc(Oc2cccnc2)c(F)c1. The van der Waals surface area contributed by atoms with Gasteiger partial charge in [0.25, 0.3) is 0 Å². The van der Waals surface area contributed by atoms with Crippen molar-refractivity contribution in [1.82, 2.24) is 15.2 Å². The molecule has 1 heterocycles. The third kappa shape index (κ3) is 5.53. The van der Waals surface area contributed by atoms with E-state index in [2.05, 4.69) is 10.3 Å². The summed E-state index contributed by atoms with van der Waals surface area (Å²) in [5.41, 5.74) is 0.677. The maximum Gasteiger partial charge on any atom is 0.234 e. The van der Waals surface area contributed by atoms with E-state index >= 15 is 0 Å². The smallest absolute Gasteiger partial charge is 0.234 e. The highest BCUT2D eigenvalue weighted by molar-refractivity contribution is 5.78. The standard InChI is InChI=1S/C19H24FN3O2/c1-13(2)23(4)12-19(24)22-14(3)15-7-8-18(17(20)10-15)25-16-6-5-9-21-11-16/h5-11,13-14H,12H2,1-4H3,(H,22,24)/t14-/m1/s1. The second-order valence-corrected chi connectivity index (χ2v) is 6.28. The first-order valence-corrected chi connectivity index (χ1v) is 8.23. The molecule has 0 saturated carbocycles. The molecule has 0 radical (unpaired) electrons. The Balaban J connectivity index is 2.00. The summed E-state index contributed by atoms with van der Waals surface area (Å²) in [7, 11) is 1.89. The van der Waals surface area contributed by atoms with Gasteiger partial charge in [0.1, 0.15) is 5.75 Å². The minimum absolute atomic E-state index is 0.0974. The molecule has 0 spiro atoms. The Bertz CT molecular complexity index is 707. The van der Waals surface area contributed by atoms with Gasteiger partial charge in [0.2, 0.25) is 5.91 Å². The van der Waals surface area contributed by atoms with E-state index in [1.807, 2.05) is 32.7 Å². The fourth-order valence-electron chi connectivity index (χ4n) is 2.18. The zero-order valence-electron chi connectivity index (χ0n) is 15.0. The van der Waals surface area contributed by atoms with Gasteiger partial charge in [-0.15, -0.1) is 0 Å². The molecular weight excluding hydrogens is 321 g/mol. The van der Waals surface area contributed by atoms with Crippen LogP contribution in [0, 0.1) is 5.82 Å². The first-order chi connectivity index (χ1) is 11.9. The van der Waals surface area contributed by atoms with E-state index in [1.54, 1.807) is 30.5 Å². The highest BCUT2D eigenvalue weighted by Gasteiger charge is 2.15. The molecule has 0 unspecified atom stereocenters. The fraction of sp³-hybridized carbons (Fsp3) is 0.368. The number of likely N-dealkylation sites (N-methyl/N-ethyl adjacent to an activating group) is 1.